The van der Waals surface area contributed by atoms with Crippen molar-refractivity contribution in [3.05, 3.63) is 0 Å². The molecule has 0 spiro atoms. The monoisotopic (exact) mass is 292 g/mol. The summed E-state index contributed by atoms with van der Waals surface area (Å²) < 4.78 is 0. The molecule has 1 saturated heterocycles. The molecule has 0 aliphatic carbocycles. The second-order valence-electron chi connectivity index (χ2n) is 5.63. The molecule has 6 nitrogen and oxygen atoms in total. The summed E-state index contributed by atoms with van der Waals surface area (Å²) in [7, 11) is 0. The van der Waals surface area contributed by atoms with Gasteiger partial charge in [0.25, 0.3) is 0 Å². The summed E-state index contributed by atoms with van der Waals surface area (Å²) in [6, 6.07) is 0. The maximum Gasteiger partial charge on any atom is 0.231 e. The smallest absolute Gasteiger partial charge is 0.231 e. The lowest BCUT2D eigenvalue weighted by Gasteiger charge is -2.31. The summed E-state index contributed by atoms with van der Waals surface area (Å²) in [4.78, 5) is 18.3. The Bertz CT molecular complexity index is 438. The minimum absolute atomic E-state index is 0.683. The van der Waals surface area contributed by atoms with Gasteiger partial charge in [0.05, 0.1) is 0 Å². The van der Waals surface area contributed by atoms with Crippen LogP contribution in [0.3, 0.4) is 0 Å². The Balaban J connectivity index is 2.26. The van der Waals surface area contributed by atoms with Crippen LogP contribution in [0.5, 0.6) is 0 Å². The Morgan fingerprint density at radius 3 is 2.33 bits per heavy atom. The quantitative estimate of drug-likeness (QED) is 0.869. The first-order chi connectivity index (χ1) is 10.2. The molecule has 1 N–H and O–H groups in total. The van der Waals surface area contributed by atoms with E-state index in [1.54, 1.807) is 0 Å². The highest BCUT2D eigenvalue weighted by atomic mass is 15.4. The molecule has 0 saturated carbocycles. The predicted octanol–water partition coefficient (Wildman–Crippen LogP) is 2.39. The lowest BCUT2D eigenvalue weighted by molar-refractivity contribution is 0.434. The minimum Gasteiger partial charge on any atom is -0.354 e. The molecule has 118 valence electrons. The van der Waals surface area contributed by atoms with E-state index in [0.29, 0.717) is 5.95 Å². The highest BCUT2D eigenvalue weighted by Crippen LogP contribution is 2.22. The summed E-state index contributed by atoms with van der Waals surface area (Å²) in [5.74, 6) is 3.08. The van der Waals surface area contributed by atoms with Crippen LogP contribution in [0, 0.1) is 5.92 Å². The average Bonchev–Trinajstić information content (AvgIpc) is 2.49. The Morgan fingerprint density at radius 1 is 1.10 bits per heavy atom. The second-order valence-corrected chi connectivity index (χ2v) is 5.63. The molecule has 1 aromatic heterocycles. The van der Waals surface area contributed by atoms with Gasteiger partial charge >= 0.3 is 0 Å². The van der Waals surface area contributed by atoms with Crippen molar-refractivity contribution >= 4 is 17.8 Å². The van der Waals surface area contributed by atoms with Crippen molar-refractivity contribution in [1.82, 2.24) is 15.0 Å². The first-order valence-corrected chi connectivity index (χ1v) is 8.17. The molecule has 0 aromatic carbocycles. The summed E-state index contributed by atoms with van der Waals surface area (Å²) >= 11 is 0. The fourth-order valence-electron chi connectivity index (χ4n) is 2.59. The normalized spacial score (nSPS) is 16.1. The first-order valence-electron chi connectivity index (χ1n) is 8.17. The van der Waals surface area contributed by atoms with E-state index in [1.165, 1.54) is 12.8 Å². The van der Waals surface area contributed by atoms with Gasteiger partial charge in [-0.25, -0.2) is 0 Å². The Kier molecular flexibility index (Phi) is 5.59. The Hall–Kier alpha value is -1.59. The van der Waals surface area contributed by atoms with E-state index in [9.17, 15) is 0 Å². The number of anilines is 3. The molecule has 0 atom stereocenters. The van der Waals surface area contributed by atoms with Crippen LogP contribution in [0.25, 0.3) is 0 Å². The van der Waals surface area contributed by atoms with Gasteiger partial charge in [0.2, 0.25) is 17.8 Å². The van der Waals surface area contributed by atoms with Gasteiger partial charge in [-0.1, -0.05) is 6.92 Å². The lowest BCUT2D eigenvalue weighted by Crippen LogP contribution is -2.35. The van der Waals surface area contributed by atoms with E-state index >= 15 is 0 Å². The molecule has 0 unspecified atom stereocenters. The van der Waals surface area contributed by atoms with Crippen molar-refractivity contribution in [2.24, 2.45) is 5.92 Å². The molecule has 2 rings (SSSR count). The van der Waals surface area contributed by atoms with Gasteiger partial charge in [0.1, 0.15) is 0 Å². The van der Waals surface area contributed by atoms with E-state index in [-0.39, 0.29) is 0 Å². The third-order valence-electron chi connectivity index (χ3n) is 4.06. The maximum absolute atomic E-state index is 4.70. The van der Waals surface area contributed by atoms with Crippen LogP contribution in [-0.4, -0.2) is 47.7 Å². The third kappa shape index (κ3) is 3.95. The van der Waals surface area contributed by atoms with Crippen molar-refractivity contribution < 1.29 is 0 Å². The molecular weight excluding hydrogens is 264 g/mol. The van der Waals surface area contributed by atoms with Crippen molar-refractivity contribution in [2.45, 2.75) is 40.5 Å². The zero-order valence-electron chi connectivity index (χ0n) is 13.8. The van der Waals surface area contributed by atoms with Crippen LogP contribution in [-0.2, 0) is 0 Å². The fraction of sp³-hybridized carbons (Fsp3) is 0.800. The highest BCUT2D eigenvalue weighted by molar-refractivity contribution is 5.45. The molecule has 2 heterocycles. The van der Waals surface area contributed by atoms with Gasteiger partial charge < -0.3 is 15.1 Å². The van der Waals surface area contributed by atoms with Crippen LogP contribution < -0.4 is 15.1 Å². The maximum atomic E-state index is 4.70. The van der Waals surface area contributed by atoms with E-state index in [2.05, 4.69) is 52.8 Å². The van der Waals surface area contributed by atoms with Gasteiger partial charge in [-0.05, 0) is 39.5 Å². The SMILES string of the molecule is CCNc1nc(N(CC)CC)nc(N2CCC(C)CC2)n1. The standard InChI is InChI=1S/C15H28N6/c1-5-16-13-17-14(20(6-2)7-3)19-15(18-13)21-10-8-12(4)9-11-21/h12H,5-11H2,1-4H3,(H,16,17,18,19). The average molecular weight is 292 g/mol. The van der Waals surface area contributed by atoms with Crippen LogP contribution in [0.4, 0.5) is 17.8 Å². The molecule has 1 aliphatic heterocycles. The summed E-state index contributed by atoms with van der Waals surface area (Å²) in [6.45, 7) is 13.3. The minimum atomic E-state index is 0.683. The van der Waals surface area contributed by atoms with Crippen molar-refractivity contribution in [2.75, 3.05) is 47.8 Å². The van der Waals surface area contributed by atoms with E-state index in [1.807, 2.05) is 0 Å². The molecule has 1 fully saturated rings. The van der Waals surface area contributed by atoms with E-state index in [4.69, 9.17) is 4.98 Å². The largest absolute Gasteiger partial charge is 0.354 e. The molecule has 0 radical (unpaired) electrons. The first kappa shape index (κ1) is 15.8. The number of nitrogens with zero attached hydrogens (tertiary/aromatic N) is 5. The Labute approximate surface area is 128 Å². The molecular formula is C15H28N6. The zero-order chi connectivity index (χ0) is 15.2. The van der Waals surface area contributed by atoms with Crippen LogP contribution in [0.1, 0.15) is 40.5 Å². The molecule has 0 bridgehead atoms. The number of rotatable bonds is 6. The van der Waals surface area contributed by atoms with Gasteiger partial charge in [-0.15, -0.1) is 0 Å². The van der Waals surface area contributed by atoms with Gasteiger partial charge in [-0.2, -0.15) is 15.0 Å². The molecule has 21 heavy (non-hydrogen) atoms. The number of hydrogen-bond acceptors (Lipinski definition) is 6. The van der Waals surface area contributed by atoms with Gasteiger partial charge in [-0.3, -0.25) is 0 Å². The van der Waals surface area contributed by atoms with E-state index < -0.39 is 0 Å². The molecule has 1 aromatic rings. The molecule has 6 heteroatoms. The number of aromatic nitrogens is 3. The zero-order valence-corrected chi connectivity index (χ0v) is 13.8. The van der Waals surface area contributed by atoms with Crippen LogP contribution >= 0.6 is 0 Å². The number of hydrogen-bond donors (Lipinski definition) is 1. The van der Waals surface area contributed by atoms with Gasteiger partial charge in [0.15, 0.2) is 0 Å². The van der Waals surface area contributed by atoms with Crippen molar-refractivity contribution in [3.63, 3.8) is 0 Å². The van der Waals surface area contributed by atoms with Crippen LogP contribution in [0.2, 0.25) is 0 Å². The highest BCUT2D eigenvalue weighted by Gasteiger charge is 2.20. The summed E-state index contributed by atoms with van der Waals surface area (Å²) in [6.07, 6.45) is 2.42. The van der Waals surface area contributed by atoms with Gasteiger partial charge in [0, 0.05) is 32.7 Å². The van der Waals surface area contributed by atoms with Crippen molar-refractivity contribution in [1.29, 1.82) is 0 Å². The lowest BCUT2D eigenvalue weighted by atomic mass is 10.00. The van der Waals surface area contributed by atoms with E-state index in [0.717, 1.165) is 50.5 Å². The topological polar surface area (TPSA) is 57.2 Å². The summed E-state index contributed by atoms with van der Waals surface area (Å²) in [5.41, 5.74) is 0. The summed E-state index contributed by atoms with van der Waals surface area (Å²) in [5, 5.41) is 3.22. The fourth-order valence-corrected chi connectivity index (χ4v) is 2.59. The molecule has 0 amide bonds. The van der Waals surface area contributed by atoms with Crippen LogP contribution in [0.15, 0.2) is 0 Å². The van der Waals surface area contributed by atoms with Crippen molar-refractivity contribution in [3.8, 4) is 0 Å². The number of piperidine rings is 1. The Morgan fingerprint density at radius 2 is 1.76 bits per heavy atom. The predicted molar refractivity (Wildman–Crippen MR) is 88.2 cm³/mol. The second kappa shape index (κ2) is 7.43. The molecule has 1 aliphatic rings. The third-order valence-corrected chi connectivity index (χ3v) is 4.06. The number of nitrogens with one attached hydrogen (secondary N) is 1.